The summed E-state index contributed by atoms with van der Waals surface area (Å²) in [7, 11) is 0. The minimum atomic E-state index is 0.982. The minimum absolute atomic E-state index is 0.982. The number of rotatable bonds is 2. The molecule has 2 heteroatoms. The Morgan fingerprint density at radius 1 is 0.606 bits per heavy atom. The van der Waals surface area contributed by atoms with E-state index in [0.29, 0.717) is 0 Å². The lowest BCUT2D eigenvalue weighted by atomic mass is 9.97. The van der Waals surface area contributed by atoms with Crippen LogP contribution < -0.4 is 0 Å². The Morgan fingerprint density at radius 2 is 1.36 bits per heavy atom. The number of nitrogens with zero attached hydrogens (tertiary/aromatic N) is 1. The van der Waals surface area contributed by atoms with Crippen LogP contribution in [0.25, 0.3) is 49.7 Å². The Hall–Kier alpha value is -3.62. The van der Waals surface area contributed by atoms with E-state index in [1.54, 1.807) is 0 Å². The molecule has 0 N–H and O–H groups in total. The molecule has 0 amide bonds. The van der Waals surface area contributed by atoms with Crippen LogP contribution in [0.3, 0.4) is 0 Å². The van der Waals surface area contributed by atoms with Gasteiger partial charge in [-0.1, -0.05) is 88.7 Å². The number of benzene rings is 5. The van der Waals surface area contributed by atoms with Gasteiger partial charge in [-0.15, -0.1) is 0 Å². The summed E-state index contributed by atoms with van der Waals surface area (Å²) >= 11 is 3.70. The first kappa shape index (κ1) is 18.9. The summed E-state index contributed by atoms with van der Waals surface area (Å²) in [5.41, 5.74) is 11.8. The third kappa shape index (κ3) is 2.84. The van der Waals surface area contributed by atoms with Gasteiger partial charge in [0.05, 0.1) is 11.0 Å². The molecule has 7 rings (SSSR count). The quantitative estimate of drug-likeness (QED) is 0.230. The monoisotopic (exact) mass is 485 g/mol. The average Bonchev–Trinajstić information content (AvgIpc) is 3.39. The van der Waals surface area contributed by atoms with Gasteiger partial charge >= 0.3 is 0 Å². The Bertz CT molecular complexity index is 1680. The van der Waals surface area contributed by atoms with Crippen LogP contribution in [0.1, 0.15) is 11.1 Å². The molecule has 1 nitrogen and oxygen atoms in total. The maximum Gasteiger partial charge on any atom is 0.0622 e. The number of aromatic nitrogens is 1. The standard InChI is InChI=1S/C31H20BrN/c32-24-14-16-29-28(19-24)26-15-13-23-17-22-12-11-21(20-7-3-1-4-8-20)18-27(22)30(23)31(26)33(29)25-9-5-2-6-10-25/h1-16,18-19H,17H2. The van der Waals surface area contributed by atoms with Crippen LogP contribution in [-0.4, -0.2) is 4.57 Å². The van der Waals surface area contributed by atoms with Crippen molar-refractivity contribution in [2.45, 2.75) is 6.42 Å². The van der Waals surface area contributed by atoms with Crippen molar-refractivity contribution < 1.29 is 0 Å². The second-order valence-corrected chi connectivity index (χ2v) is 9.66. The number of para-hydroxylation sites is 1. The van der Waals surface area contributed by atoms with E-state index >= 15 is 0 Å². The molecule has 0 atom stereocenters. The highest BCUT2D eigenvalue weighted by Crippen LogP contribution is 2.46. The second kappa shape index (κ2) is 7.19. The van der Waals surface area contributed by atoms with Crippen LogP contribution in [0.5, 0.6) is 0 Å². The Morgan fingerprint density at radius 3 is 2.18 bits per heavy atom. The molecule has 1 heterocycles. The highest BCUT2D eigenvalue weighted by Gasteiger charge is 2.25. The Kier molecular flexibility index (Phi) is 4.12. The van der Waals surface area contributed by atoms with E-state index in [9.17, 15) is 0 Å². The fraction of sp³-hybridized carbons (Fsp3) is 0.0323. The summed E-state index contributed by atoms with van der Waals surface area (Å²) in [5, 5.41) is 2.57. The summed E-state index contributed by atoms with van der Waals surface area (Å²) in [4.78, 5) is 0. The van der Waals surface area contributed by atoms with E-state index in [2.05, 4.69) is 130 Å². The lowest BCUT2D eigenvalue weighted by Crippen LogP contribution is -1.95. The van der Waals surface area contributed by atoms with Crippen molar-refractivity contribution in [3.8, 4) is 27.9 Å². The van der Waals surface area contributed by atoms with Gasteiger partial charge in [-0.2, -0.15) is 0 Å². The fourth-order valence-corrected chi connectivity index (χ4v) is 5.75. The first-order valence-electron chi connectivity index (χ1n) is 11.3. The molecule has 0 spiro atoms. The van der Waals surface area contributed by atoms with E-state index in [-0.39, 0.29) is 0 Å². The number of hydrogen-bond acceptors (Lipinski definition) is 0. The van der Waals surface area contributed by atoms with Gasteiger partial charge in [0.15, 0.2) is 0 Å². The predicted octanol–water partition coefficient (Wildman–Crippen LogP) is 8.78. The third-order valence-electron chi connectivity index (χ3n) is 6.86. The van der Waals surface area contributed by atoms with Gasteiger partial charge in [0.1, 0.15) is 0 Å². The summed E-state index contributed by atoms with van der Waals surface area (Å²) in [6.07, 6.45) is 0.982. The van der Waals surface area contributed by atoms with Gasteiger partial charge in [0.2, 0.25) is 0 Å². The van der Waals surface area contributed by atoms with Gasteiger partial charge in [-0.05, 0) is 70.6 Å². The maximum absolute atomic E-state index is 3.70. The van der Waals surface area contributed by atoms with Crippen LogP contribution >= 0.6 is 15.9 Å². The smallest absolute Gasteiger partial charge is 0.0622 e. The van der Waals surface area contributed by atoms with Crippen LogP contribution in [-0.2, 0) is 6.42 Å². The SMILES string of the molecule is Brc1ccc2c(c1)c1ccc3c(c1n2-c1ccccc1)-c1cc(-c2ccccc2)ccc1C3. The van der Waals surface area contributed by atoms with Gasteiger partial charge < -0.3 is 4.57 Å². The molecule has 1 aromatic heterocycles. The number of fused-ring (bicyclic) bond motifs is 7. The normalized spacial score (nSPS) is 12.3. The van der Waals surface area contributed by atoms with E-state index < -0.39 is 0 Å². The number of halogens is 1. The largest absolute Gasteiger partial charge is 0.309 e. The van der Waals surface area contributed by atoms with Crippen LogP contribution in [0.15, 0.2) is 114 Å². The van der Waals surface area contributed by atoms with E-state index in [0.717, 1.165) is 10.9 Å². The zero-order valence-electron chi connectivity index (χ0n) is 17.9. The average molecular weight is 486 g/mol. The van der Waals surface area contributed by atoms with Crippen molar-refractivity contribution >= 4 is 37.7 Å². The summed E-state index contributed by atoms with van der Waals surface area (Å²) < 4.78 is 3.55. The minimum Gasteiger partial charge on any atom is -0.309 e. The highest BCUT2D eigenvalue weighted by molar-refractivity contribution is 9.10. The molecule has 1 aliphatic carbocycles. The number of hydrogen-bond donors (Lipinski definition) is 0. The van der Waals surface area contributed by atoms with Gasteiger partial charge in [0.25, 0.3) is 0 Å². The van der Waals surface area contributed by atoms with Gasteiger partial charge in [-0.3, -0.25) is 0 Å². The summed E-state index contributed by atoms with van der Waals surface area (Å²) in [5.74, 6) is 0. The van der Waals surface area contributed by atoms with Crippen LogP contribution in [0.2, 0.25) is 0 Å². The van der Waals surface area contributed by atoms with E-state index in [1.807, 2.05) is 0 Å². The fourth-order valence-electron chi connectivity index (χ4n) is 5.39. The van der Waals surface area contributed by atoms with Crippen LogP contribution in [0.4, 0.5) is 0 Å². The van der Waals surface area contributed by atoms with Gasteiger partial charge in [-0.25, -0.2) is 0 Å². The molecular weight excluding hydrogens is 466 g/mol. The van der Waals surface area contributed by atoms with E-state index in [4.69, 9.17) is 0 Å². The van der Waals surface area contributed by atoms with Crippen molar-refractivity contribution in [2.24, 2.45) is 0 Å². The van der Waals surface area contributed by atoms with Crippen molar-refractivity contribution in [1.29, 1.82) is 0 Å². The second-order valence-electron chi connectivity index (χ2n) is 8.74. The molecule has 6 aromatic rings. The molecule has 33 heavy (non-hydrogen) atoms. The molecule has 0 radical (unpaired) electrons. The maximum atomic E-state index is 3.70. The first-order valence-corrected chi connectivity index (χ1v) is 12.1. The molecule has 0 bridgehead atoms. The lowest BCUT2D eigenvalue weighted by molar-refractivity contribution is 1.18. The Balaban J connectivity index is 1.60. The summed E-state index contributed by atoms with van der Waals surface area (Å²) in [6.45, 7) is 0. The molecule has 0 saturated carbocycles. The third-order valence-corrected chi connectivity index (χ3v) is 7.35. The van der Waals surface area contributed by atoms with Crippen LogP contribution in [0, 0.1) is 0 Å². The molecule has 0 fully saturated rings. The molecule has 1 aliphatic rings. The highest BCUT2D eigenvalue weighted by atomic mass is 79.9. The molecular formula is C31H20BrN. The zero-order valence-corrected chi connectivity index (χ0v) is 19.5. The van der Waals surface area contributed by atoms with Crippen molar-refractivity contribution in [3.63, 3.8) is 0 Å². The van der Waals surface area contributed by atoms with Crippen molar-refractivity contribution in [3.05, 3.63) is 125 Å². The molecule has 5 aromatic carbocycles. The molecule has 156 valence electrons. The Labute approximate surface area is 201 Å². The summed E-state index contributed by atoms with van der Waals surface area (Å²) in [6, 6.07) is 39.6. The lowest BCUT2D eigenvalue weighted by Gasteiger charge is -2.12. The predicted molar refractivity (Wildman–Crippen MR) is 142 cm³/mol. The molecule has 0 aliphatic heterocycles. The first-order chi connectivity index (χ1) is 16.3. The van der Waals surface area contributed by atoms with Crippen molar-refractivity contribution in [2.75, 3.05) is 0 Å². The topological polar surface area (TPSA) is 4.93 Å². The zero-order chi connectivity index (χ0) is 21.9. The van der Waals surface area contributed by atoms with Gasteiger partial charge in [0, 0.05) is 26.5 Å². The molecule has 0 unspecified atom stereocenters. The van der Waals surface area contributed by atoms with E-state index in [1.165, 1.54) is 60.9 Å². The molecule has 0 saturated heterocycles. The van der Waals surface area contributed by atoms with Crippen molar-refractivity contribution in [1.82, 2.24) is 4.57 Å².